The van der Waals surface area contributed by atoms with Crippen LogP contribution < -0.4 is 10.1 Å². The van der Waals surface area contributed by atoms with Gasteiger partial charge in [-0.05, 0) is 17.5 Å². The van der Waals surface area contributed by atoms with Gasteiger partial charge in [-0.25, -0.2) is 4.98 Å². The first-order valence-electron chi connectivity index (χ1n) is 6.76. The first-order valence-corrected chi connectivity index (χ1v) is 6.76. The molecule has 0 aliphatic carbocycles. The minimum atomic E-state index is -0.0477. The van der Waals surface area contributed by atoms with Crippen LogP contribution in [0.3, 0.4) is 0 Å². The van der Waals surface area contributed by atoms with Gasteiger partial charge in [-0.1, -0.05) is 20.8 Å². The first-order chi connectivity index (χ1) is 9.89. The normalized spacial score (nSPS) is 11.2. The molecule has 1 N–H and O–H groups in total. The zero-order chi connectivity index (χ0) is 15.5. The van der Waals surface area contributed by atoms with Crippen molar-refractivity contribution in [2.24, 2.45) is 5.41 Å². The average Bonchev–Trinajstić information content (AvgIpc) is 2.89. The van der Waals surface area contributed by atoms with E-state index in [1.54, 1.807) is 19.4 Å². The molecular weight excluding hydrogens is 268 g/mol. The van der Waals surface area contributed by atoms with E-state index in [4.69, 9.17) is 9.15 Å². The van der Waals surface area contributed by atoms with E-state index in [1.807, 2.05) is 32.9 Å². The molecule has 0 fully saturated rings. The van der Waals surface area contributed by atoms with Crippen LogP contribution in [-0.4, -0.2) is 18.0 Å². The Morgan fingerprint density at radius 2 is 2.14 bits per heavy atom. The van der Waals surface area contributed by atoms with Gasteiger partial charge in [-0.2, -0.15) is 0 Å². The lowest BCUT2D eigenvalue weighted by Gasteiger charge is -2.17. The van der Waals surface area contributed by atoms with E-state index in [-0.39, 0.29) is 11.3 Å². The summed E-state index contributed by atoms with van der Waals surface area (Å²) in [7, 11) is 1.58. The number of rotatable bonds is 4. The summed E-state index contributed by atoms with van der Waals surface area (Å²) in [4.78, 5) is 15.9. The van der Waals surface area contributed by atoms with Gasteiger partial charge >= 0.3 is 0 Å². The van der Waals surface area contributed by atoms with Crippen molar-refractivity contribution in [3.8, 4) is 17.1 Å². The number of hydrogen-bond donors (Lipinski definition) is 1. The van der Waals surface area contributed by atoms with Crippen LogP contribution in [0, 0.1) is 5.41 Å². The van der Waals surface area contributed by atoms with Crippen molar-refractivity contribution in [2.75, 3.05) is 12.4 Å². The molecule has 1 amide bonds. The van der Waals surface area contributed by atoms with E-state index < -0.39 is 0 Å². The molecule has 1 aromatic carbocycles. The molecular formula is C16H20N2O3. The number of methoxy groups -OCH3 is 1. The smallest absolute Gasteiger partial charge is 0.224 e. The Kier molecular flexibility index (Phi) is 4.31. The third-order valence-electron chi connectivity index (χ3n) is 2.87. The second kappa shape index (κ2) is 5.99. The Labute approximate surface area is 124 Å². The highest BCUT2D eigenvalue weighted by atomic mass is 16.5. The molecule has 2 aromatic rings. The molecule has 0 saturated carbocycles. The van der Waals surface area contributed by atoms with Crippen LogP contribution in [0.1, 0.15) is 27.2 Å². The van der Waals surface area contributed by atoms with Crippen molar-refractivity contribution in [1.82, 2.24) is 4.98 Å². The number of oxazole rings is 1. The van der Waals surface area contributed by atoms with Gasteiger partial charge in [0.1, 0.15) is 5.75 Å². The van der Waals surface area contributed by atoms with Crippen molar-refractivity contribution in [2.45, 2.75) is 27.2 Å². The molecule has 1 heterocycles. The molecule has 2 rings (SSSR count). The fourth-order valence-electron chi connectivity index (χ4n) is 2.01. The third-order valence-corrected chi connectivity index (χ3v) is 2.87. The highest BCUT2D eigenvalue weighted by molar-refractivity contribution is 5.91. The Hall–Kier alpha value is -2.30. The topological polar surface area (TPSA) is 64.4 Å². The van der Waals surface area contributed by atoms with E-state index in [1.165, 1.54) is 6.39 Å². The number of aromatic nitrogens is 1. The Morgan fingerprint density at radius 1 is 1.38 bits per heavy atom. The van der Waals surface area contributed by atoms with Crippen LogP contribution in [0.25, 0.3) is 11.3 Å². The molecule has 5 nitrogen and oxygen atoms in total. The second-order valence-corrected chi connectivity index (χ2v) is 6.07. The van der Waals surface area contributed by atoms with Gasteiger partial charge in [-0.3, -0.25) is 4.79 Å². The van der Waals surface area contributed by atoms with Crippen LogP contribution in [0.2, 0.25) is 0 Å². The summed E-state index contributed by atoms with van der Waals surface area (Å²) < 4.78 is 10.6. The lowest BCUT2D eigenvalue weighted by atomic mass is 9.92. The molecule has 0 saturated heterocycles. The monoisotopic (exact) mass is 288 g/mol. The molecule has 0 spiro atoms. The van der Waals surface area contributed by atoms with Gasteiger partial charge in [0.2, 0.25) is 5.91 Å². The van der Waals surface area contributed by atoms with Crippen molar-refractivity contribution in [3.05, 3.63) is 30.8 Å². The number of benzene rings is 1. The lowest BCUT2D eigenvalue weighted by Crippen LogP contribution is -2.19. The number of amides is 1. The molecule has 112 valence electrons. The fourth-order valence-corrected chi connectivity index (χ4v) is 2.01. The highest BCUT2D eigenvalue weighted by Crippen LogP contribution is 2.32. The van der Waals surface area contributed by atoms with Crippen molar-refractivity contribution in [1.29, 1.82) is 0 Å². The van der Waals surface area contributed by atoms with Crippen molar-refractivity contribution < 1.29 is 13.9 Å². The summed E-state index contributed by atoms with van der Waals surface area (Å²) in [6.45, 7) is 6.08. The minimum Gasteiger partial charge on any atom is -0.496 e. The molecule has 1 aromatic heterocycles. The maximum absolute atomic E-state index is 12.0. The molecule has 0 unspecified atom stereocenters. The van der Waals surface area contributed by atoms with Gasteiger partial charge in [0.15, 0.2) is 12.2 Å². The van der Waals surface area contributed by atoms with Gasteiger partial charge in [-0.15, -0.1) is 0 Å². The summed E-state index contributed by atoms with van der Waals surface area (Å²) in [6, 6.07) is 5.44. The predicted octanol–water partition coefficient (Wildman–Crippen LogP) is 3.72. The highest BCUT2D eigenvalue weighted by Gasteiger charge is 2.17. The number of hydrogen-bond acceptors (Lipinski definition) is 4. The minimum absolute atomic E-state index is 0.0167. The van der Waals surface area contributed by atoms with E-state index in [0.29, 0.717) is 23.6 Å². The Bertz CT molecular complexity index is 613. The van der Waals surface area contributed by atoms with Crippen LogP contribution in [0.15, 0.2) is 35.2 Å². The second-order valence-electron chi connectivity index (χ2n) is 6.07. The zero-order valence-electron chi connectivity index (χ0n) is 12.8. The lowest BCUT2D eigenvalue weighted by molar-refractivity contribution is -0.117. The maximum atomic E-state index is 12.0. The number of ether oxygens (including phenoxy) is 1. The van der Waals surface area contributed by atoms with E-state index in [0.717, 1.165) is 5.56 Å². The third kappa shape index (κ3) is 4.08. The maximum Gasteiger partial charge on any atom is 0.224 e. The largest absolute Gasteiger partial charge is 0.496 e. The van der Waals surface area contributed by atoms with E-state index in [9.17, 15) is 4.79 Å². The van der Waals surface area contributed by atoms with Crippen LogP contribution in [-0.2, 0) is 4.79 Å². The van der Waals surface area contributed by atoms with Gasteiger partial charge in [0.25, 0.3) is 0 Å². The summed E-state index contributed by atoms with van der Waals surface area (Å²) >= 11 is 0. The first kappa shape index (κ1) is 15.1. The van der Waals surface area contributed by atoms with Gasteiger partial charge in [0, 0.05) is 18.2 Å². The Balaban J connectivity index is 2.18. The molecule has 0 aliphatic heterocycles. The molecule has 5 heteroatoms. The van der Waals surface area contributed by atoms with Crippen LogP contribution in [0.4, 0.5) is 5.69 Å². The fraction of sp³-hybridized carbons (Fsp3) is 0.375. The van der Waals surface area contributed by atoms with Crippen LogP contribution >= 0.6 is 0 Å². The quantitative estimate of drug-likeness (QED) is 0.931. The number of nitrogens with zero attached hydrogens (tertiary/aromatic N) is 1. The molecule has 0 aliphatic rings. The summed E-state index contributed by atoms with van der Waals surface area (Å²) in [5, 5.41) is 2.88. The predicted molar refractivity (Wildman–Crippen MR) is 81.2 cm³/mol. The van der Waals surface area contributed by atoms with E-state index in [2.05, 4.69) is 10.3 Å². The number of nitrogens with one attached hydrogen (secondary N) is 1. The number of anilines is 1. The van der Waals surface area contributed by atoms with Crippen molar-refractivity contribution in [3.63, 3.8) is 0 Å². The molecule has 21 heavy (non-hydrogen) atoms. The van der Waals surface area contributed by atoms with Gasteiger partial charge < -0.3 is 14.5 Å². The van der Waals surface area contributed by atoms with E-state index >= 15 is 0 Å². The summed E-state index contributed by atoms with van der Waals surface area (Å²) in [6.07, 6.45) is 3.45. The molecule has 0 bridgehead atoms. The molecule has 0 radical (unpaired) electrons. The Morgan fingerprint density at radius 3 is 2.71 bits per heavy atom. The van der Waals surface area contributed by atoms with Crippen LogP contribution in [0.5, 0.6) is 5.75 Å². The number of carbonyl (C=O) groups is 1. The average molecular weight is 288 g/mol. The SMILES string of the molecule is COc1cc(NC(=O)CC(C)(C)C)ccc1-c1cnco1. The summed E-state index contributed by atoms with van der Waals surface area (Å²) in [5.74, 6) is 1.23. The molecule has 0 atom stereocenters. The van der Waals surface area contributed by atoms with Crippen molar-refractivity contribution >= 4 is 11.6 Å². The number of carbonyl (C=O) groups excluding carboxylic acids is 1. The van der Waals surface area contributed by atoms with Gasteiger partial charge in [0.05, 0.1) is 18.9 Å². The zero-order valence-corrected chi connectivity index (χ0v) is 12.8. The standard InChI is InChI=1S/C16H20N2O3/c1-16(2,3)8-15(19)18-11-5-6-12(13(7-11)20-4)14-9-17-10-21-14/h5-7,9-10H,8H2,1-4H3,(H,18,19). The summed E-state index contributed by atoms with van der Waals surface area (Å²) in [5.41, 5.74) is 1.45.